The minimum Gasteiger partial charge on any atom is -0.338 e. The fraction of sp³-hybridized carbons (Fsp3) is 0.550. The van der Waals surface area contributed by atoms with Gasteiger partial charge in [0.05, 0.1) is 5.41 Å². The van der Waals surface area contributed by atoms with Crippen LogP contribution in [0.5, 0.6) is 0 Å². The maximum Gasteiger partial charge on any atom is 0.229 e. The first kappa shape index (κ1) is 19.0. The maximum absolute atomic E-state index is 13.2. The summed E-state index contributed by atoms with van der Waals surface area (Å²) in [5.74, 6) is 0.673. The predicted octanol–water partition coefficient (Wildman–Crippen LogP) is 3.88. The smallest absolute Gasteiger partial charge is 0.229 e. The van der Waals surface area contributed by atoms with Gasteiger partial charge in [-0.05, 0) is 42.7 Å². The van der Waals surface area contributed by atoms with Gasteiger partial charge >= 0.3 is 0 Å². The molecule has 2 aliphatic rings. The van der Waals surface area contributed by atoms with Crippen LogP contribution in [0.3, 0.4) is 0 Å². The number of carbonyl (C=O) groups is 1. The van der Waals surface area contributed by atoms with Crippen LogP contribution in [0, 0.1) is 11.3 Å². The number of hydrogen-bond donors (Lipinski definition) is 1. The van der Waals surface area contributed by atoms with Gasteiger partial charge in [-0.25, -0.2) is 0 Å². The van der Waals surface area contributed by atoms with E-state index in [1.54, 1.807) is 0 Å². The number of halogens is 1. The monoisotopic (exact) mass is 348 g/mol. The van der Waals surface area contributed by atoms with Crippen molar-refractivity contribution in [1.29, 1.82) is 0 Å². The number of rotatable bonds is 3. The summed E-state index contributed by atoms with van der Waals surface area (Å²) < 4.78 is 0. The zero-order valence-electron chi connectivity index (χ0n) is 14.7. The van der Waals surface area contributed by atoms with Gasteiger partial charge in [-0.3, -0.25) is 4.79 Å². The molecule has 0 aromatic heterocycles. The molecule has 1 saturated carbocycles. The standard InChI is InChI=1S/C20H28N2O.ClH/c1-15(2)20(11-8-18(21)14-20)19(23)22-12-9-17(10-13-22)16-6-4-3-5-7-16;/h3-7,9,15,18H,8,10-14,21H2,1-2H3;1H/t18-,20+;/m1./s1. The average Bonchev–Trinajstić information content (AvgIpc) is 2.98. The second-order valence-electron chi connectivity index (χ2n) is 7.41. The Morgan fingerprint density at radius 3 is 2.50 bits per heavy atom. The van der Waals surface area contributed by atoms with Crippen LogP contribution in [0.4, 0.5) is 0 Å². The maximum atomic E-state index is 13.2. The highest BCUT2D eigenvalue weighted by molar-refractivity contribution is 5.85. The van der Waals surface area contributed by atoms with Gasteiger partial charge in [0.1, 0.15) is 0 Å². The van der Waals surface area contributed by atoms with Crippen LogP contribution in [0.1, 0.15) is 45.1 Å². The number of amides is 1. The minimum atomic E-state index is -0.239. The molecule has 4 heteroatoms. The first-order valence-electron chi connectivity index (χ1n) is 8.82. The SMILES string of the molecule is CC(C)[C@]1(C(=O)N2CC=C(c3ccccc3)CC2)CC[C@@H](N)C1.Cl. The summed E-state index contributed by atoms with van der Waals surface area (Å²) in [5, 5.41) is 0. The van der Waals surface area contributed by atoms with E-state index in [-0.39, 0.29) is 23.9 Å². The van der Waals surface area contributed by atoms with E-state index in [1.807, 2.05) is 11.0 Å². The summed E-state index contributed by atoms with van der Waals surface area (Å²) in [6.45, 7) is 5.90. The fourth-order valence-electron chi connectivity index (χ4n) is 4.16. The van der Waals surface area contributed by atoms with Crippen LogP contribution < -0.4 is 5.73 Å². The summed E-state index contributed by atoms with van der Waals surface area (Å²) in [6.07, 6.45) is 5.92. The highest BCUT2D eigenvalue weighted by atomic mass is 35.5. The van der Waals surface area contributed by atoms with Crippen molar-refractivity contribution in [1.82, 2.24) is 4.90 Å². The topological polar surface area (TPSA) is 46.3 Å². The van der Waals surface area contributed by atoms with Crippen molar-refractivity contribution < 1.29 is 4.79 Å². The Hall–Kier alpha value is -1.32. The molecule has 0 radical (unpaired) electrons. The van der Waals surface area contributed by atoms with E-state index >= 15 is 0 Å². The molecule has 2 atom stereocenters. The third-order valence-electron chi connectivity index (χ3n) is 5.76. The molecule has 0 unspecified atom stereocenters. The Kier molecular flexibility index (Phi) is 6.11. The lowest BCUT2D eigenvalue weighted by Gasteiger charge is -2.38. The van der Waals surface area contributed by atoms with Gasteiger partial charge in [-0.15, -0.1) is 12.4 Å². The first-order chi connectivity index (χ1) is 11.0. The van der Waals surface area contributed by atoms with Gasteiger partial charge in [-0.1, -0.05) is 50.3 Å². The van der Waals surface area contributed by atoms with E-state index in [4.69, 9.17) is 5.73 Å². The van der Waals surface area contributed by atoms with Crippen molar-refractivity contribution in [3.8, 4) is 0 Å². The van der Waals surface area contributed by atoms with Crippen LogP contribution in [0.25, 0.3) is 5.57 Å². The van der Waals surface area contributed by atoms with E-state index in [0.29, 0.717) is 11.8 Å². The lowest BCUT2D eigenvalue weighted by Crippen LogP contribution is -2.47. The Balaban J connectivity index is 0.00000208. The summed E-state index contributed by atoms with van der Waals surface area (Å²) in [5.41, 5.74) is 8.53. The Bertz CT molecular complexity index is 599. The van der Waals surface area contributed by atoms with E-state index in [1.165, 1.54) is 11.1 Å². The van der Waals surface area contributed by atoms with E-state index in [0.717, 1.165) is 38.8 Å². The minimum absolute atomic E-state index is 0. The second-order valence-corrected chi connectivity index (χ2v) is 7.41. The van der Waals surface area contributed by atoms with Gasteiger partial charge in [0.25, 0.3) is 0 Å². The van der Waals surface area contributed by atoms with Gasteiger partial charge in [0, 0.05) is 19.1 Å². The number of hydrogen-bond acceptors (Lipinski definition) is 2. The Morgan fingerprint density at radius 2 is 2.00 bits per heavy atom. The van der Waals surface area contributed by atoms with Crippen molar-refractivity contribution in [3.05, 3.63) is 42.0 Å². The van der Waals surface area contributed by atoms with Crippen molar-refractivity contribution in [3.63, 3.8) is 0 Å². The van der Waals surface area contributed by atoms with E-state index in [9.17, 15) is 4.79 Å². The molecular weight excluding hydrogens is 320 g/mol. The highest BCUT2D eigenvalue weighted by Gasteiger charge is 2.48. The largest absolute Gasteiger partial charge is 0.338 e. The number of nitrogens with two attached hydrogens (primary N) is 1. The summed E-state index contributed by atoms with van der Waals surface area (Å²) in [6, 6.07) is 10.7. The zero-order chi connectivity index (χ0) is 16.4. The first-order valence-corrected chi connectivity index (χ1v) is 8.82. The normalized spacial score (nSPS) is 26.9. The molecule has 24 heavy (non-hydrogen) atoms. The van der Waals surface area contributed by atoms with Gasteiger partial charge in [-0.2, -0.15) is 0 Å². The molecular formula is C20H29ClN2O. The van der Waals surface area contributed by atoms with Crippen LogP contribution in [-0.2, 0) is 4.79 Å². The van der Waals surface area contributed by atoms with Crippen molar-refractivity contribution >= 4 is 23.9 Å². The van der Waals surface area contributed by atoms with Gasteiger partial charge in [0.15, 0.2) is 0 Å². The summed E-state index contributed by atoms with van der Waals surface area (Å²) in [7, 11) is 0. The number of benzene rings is 1. The zero-order valence-corrected chi connectivity index (χ0v) is 15.5. The molecule has 0 spiro atoms. The molecule has 1 aliphatic heterocycles. The molecule has 2 N–H and O–H groups in total. The lowest BCUT2D eigenvalue weighted by molar-refractivity contribution is -0.144. The van der Waals surface area contributed by atoms with Crippen molar-refractivity contribution in [2.24, 2.45) is 17.1 Å². The highest BCUT2D eigenvalue weighted by Crippen LogP contribution is 2.45. The van der Waals surface area contributed by atoms with Gasteiger partial charge in [0.2, 0.25) is 5.91 Å². The molecule has 3 nitrogen and oxygen atoms in total. The van der Waals surface area contributed by atoms with Crippen LogP contribution in [0.15, 0.2) is 36.4 Å². The number of carbonyl (C=O) groups excluding carboxylic acids is 1. The van der Waals surface area contributed by atoms with Crippen LogP contribution in [-0.4, -0.2) is 29.9 Å². The predicted molar refractivity (Wildman–Crippen MR) is 102 cm³/mol. The van der Waals surface area contributed by atoms with Crippen molar-refractivity contribution in [2.45, 2.75) is 45.6 Å². The van der Waals surface area contributed by atoms with Crippen molar-refractivity contribution in [2.75, 3.05) is 13.1 Å². The number of nitrogens with zero attached hydrogens (tertiary/aromatic N) is 1. The summed E-state index contributed by atoms with van der Waals surface area (Å²) >= 11 is 0. The Labute approximate surface area is 151 Å². The molecule has 1 aliphatic carbocycles. The molecule has 1 aromatic rings. The quantitative estimate of drug-likeness (QED) is 0.901. The molecule has 0 bridgehead atoms. The average molecular weight is 349 g/mol. The van der Waals surface area contributed by atoms with Crippen LogP contribution >= 0.6 is 12.4 Å². The molecule has 1 aromatic carbocycles. The third-order valence-corrected chi connectivity index (χ3v) is 5.76. The lowest BCUT2D eigenvalue weighted by atomic mass is 9.74. The Morgan fingerprint density at radius 1 is 1.29 bits per heavy atom. The second kappa shape index (κ2) is 7.71. The molecule has 1 heterocycles. The van der Waals surface area contributed by atoms with E-state index in [2.05, 4.69) is 44.2 Å². The molecule has 1 amide bonds. The third kappa shape index (κ3) is 3.52. The fourth-order valence-corrected chi connectivity index (χ4v) is 4.16. The van der Waals surface area contributed by atoms with E-state index < -0.39 is 0 Å². The van der Waals surface area contributed by atoms with Crippen LogP contribution in [0.2, 0.25) is 0 Å². The van der Waals surface area contributed by atoms with Gasteiger partial charge < -0.3 is 10.6 Å². The molecule has 0 saturated heterocycles. The summed E-state index contributed by atoms with van der Waals surface area (Å²) in [4.78, 5) is 15.2. The molecule has 132 valence electrons. The molecule has 3 rings (SSSR count). The molecule has 1 fully saturated rings.